The van der Waals surface area contributed by atoms with Crippen LogP contribution in [0, 0.1) is 44.3 Å². The molecular weight excluding hydrogens is 649 g/mol. The van der Waals surface area contributed by atoms with Gasteiger partial charge in [0.15, 0.2) is 0 Å². The number of fused-ring (bicyclic) bond motifs is 6. The van der Waals surface area contributed by atoms with Crippen LogP contribution in [0.15, 0.2) is 35.4 Å². The molecule has 0 bridgehead atoms. The molecule has 0 heterocycles. The number of rotatable bonds is 8. The zero-order valence-electron chi connectivity index (χ0n) is 34.4. The standard InChI is InChI=1S/C45H68N2O5/c1-40(2)23-25-45(39(50)46-27-14-28-47(8,9)10)26-24-43(6)32(33(45)29-40)17-18-35-42(5)21-20-36(41(3,4)34(42)19-22-44(35,43)7)52-38(49)31-16-13-12-15-30(31)37(48)51-11/h12-13,15-16,34-36H,14,17-29H2,1-11H3/p+1/t34-,35+,36-,42-,43+,44+,45-/m0/s1. The second kappa shape index (κ2) is 13.3. The summed E-state index contributed by atoms with van der Waals surface area (Å²) in [6.45, 7) is 19.0. The van der Waals surface area contributed by atoms with Gasteiger partial charge in [0.25, 0.3) is 0 Å². The van der Waals surface area contributed by atoms with Crippen molar-refractivity contribution in [3.8, 4) is 0 Å². The first-order valence-corrected chi connectivity index (χ1v) is 20.4. The Morgan fingerprint density at radius 1 is 0.788 bits per heavy atom. The summed E-state index contributed by atoms with van der Waals surface area (Å²) in [5.74, 6) is 0.288. The quantitative estimate of drug-likeness (QED) is 0.126. The number of methoxy groups -OCH3 is 1. The lowest BCUT2D eigenvalue weighted by Gasteiger charge is -2.71. The molecule has 52 heavy (non-hydrogen) atoms. The fraction of sp³-hybridized carbons (Fsp3) is 0.756. The lowest BCUT2D eigenvalue weighted by Crippen LogP contribution is -2.64. The number of quaternary nitrogens is 1. The number of amides is 1. The van der Waals surface area contributed by atoms with Crippen LogP contribution in [-0.4, -0.2) is 69.8 Å². The van der Waals surface area contributed by atoms with Gasteiger partial charge in [-0.3, -0.25) is 4.79 Å². The topological polar surface area (TPSA) is 81.7 Å². The molecule has 5 aliphatic rings. The highest BCUT2D eigenvalue weighted by Gasteiger charge is 2.68. The van der Waals surface area contributed by atoms with Crippen molar-refractivity contribution in [3.05, 3.63) is 46.5 Å². The Kier molecular flexibility index (Phi) is 9.96. The van der Waals surface area contributed by atoms with Crippen LogP contribution in [0.3, 0.4) is 0 Å². The first-order chi connectivity index (χ1) is 24.2. The van der Waals surface area contributed by atoms with E-state index in [0.717, 1.165) is 94.6 Å². The van der Waals surface area contributed by atoms with Crippen molar-refractivity contribution in [1.29, 1.82) is 0 Å². The molecule has 7 heteroatoms. The van der Waals surface area contributed by atoms with E-state index in [1.165, 1.54) is 12.7 Å². The summed E-state index contributed by atoms with van der Waals surface area (Å²) in [4.78, 5) is 40.5. The van der Waals surface area contributed by atoms with Crippen LogP contribution < -0.4 is 5.32 Å². The van der Waals surface area contributed by atoms with Crippen molar-refractivity contribution >= 4 is 17.8 Å². The summed E-state index contributed by atoms with van der Waals surface area (Å²) >= 11 is 0. The summed E-state index contributed by atoms with van der Waals surface area (Å²) in [6, 6.07) is 6.81. The van der Waals surface area contributed by atoms with Gasteiger partial charge in [0.05, 0.1) is 51.3 Å². The number of ether oxygens (including phenoxy) is 2. The van der Waals surface area contributed by atoms with Crippen LogP contribution in [-0.2, 0) is 14.3 Å². The Hall–Kier alpha value is -2.67. The van der Waals surface area contributed by atoms with Crippen molar-refractivity contribution in [2.24, 2.45) is 44.3 Å². The molecule has 1 N–H and O–H groups in total. The molecule has 0 aromatic heterocycles. The maximum Gasteiger partial charge on any atom is 0.339 e. The molecule has 7 atom stereocenters. The second-order valence-electron chi connectivity index (χ2n) is 20.7. The molecule has 7 nitrogen and oxygen atoms in total. The van der Waals surface area contributed by atoms with Crippen molar-refractivity contribution in [1.82, 2.24) is 5.32 Å². The third-order valence-corrected chi connectivity index (χ3v) is 16.0. The number of esters is 2. The average molecular weight is 718 g/mol. The summed E-state index contributed by atoms with van der Waals surface area (Å²) in [7, 11) is 7.99. The molecule has 288 valence electrons. The van der Waals surface area contributed by atoms with Crippen molar-refractivity contribution < 1.29 is 28.3 Å². The largest absolute Gasteiger partial charge is 0.465 e. The molecule has 0 aliphatic heterocycles. The Bertz CT molecular complexity index is 1620. The molecule has 0 spiro atoms. The smallest absolute Gasteiger partial charge is 0.339 e. The highest BCUT2D eigenvalue weighted by molar-refractivity contribution is 6.03. The molecule has 0 radical (unpaired) electrons. The van der Waals surface area contributed by atoms with E-state index in [0.29, 0.717) is 17.7 Å². The molecule has 6 rings (SSSR count). The minimum absolute atomic E-state index is 0.0607. The maximum absolute atomic E-state index is 14.4. The number of carbonyl (C=O) groups excluding carboxylic acids is 3. The van der Waals surface area contributed by atoms with E-state index in [1.54, 1.807) is 29.8 Å². The number of carbonyl (C=O) groups is 3. The minimum Gasteiger partial charge on any atom is -0.465 e. The Labute approximate surface area is 314 Å². The van der Waals surface area contributed by atoms with Gasteiger partial charge in [-0.05, 0) is 116 Å². The third kappa shape index (κ3) is 6.27. The minimum atomic E-state index is -0.525. The number of allylic oxidation sites excluding steroid dienone is 1. The maximum atomic E-state index is 14.4. The van der Waals surface area contributed by atoms with Gasteiger partial charge in [-0.15, -0.1) is 0 Å². The summed E-state index contributed by atoms with van der Waals surface area (Å²) in [5.41, 5.74) is 3.60. The van der Waals surface area contributed by atoms with Crippen LogP contribution in [0.4, 0.5) is 0 Å². The first-order valence-electron chi connectivity index (χ1n) is 20.4. The van der Waals surface area contributed by atoms with E-state index in [1.807, 2.05) is 0 Å². The highest BCUT2D eigenvalue weighted by Crippen LogP contribution is 2.75. The van der Waals surface area contributed by atoms with Gasteiger partial charge in [0.1, 0.15) is 6.10 Å². The van der Waals surface area contributed by atoms with E-state index in [2.05, 4.69) is 74.9 Å². The number of nitrogens with zero attached hydrogens (tertiary/aromatic N) is 1. The van der Waals surface area contributed by atoms with Gasteiger partial charge in [0, 0.05) is 18.4 Å². The van der Waals surface area contributed by atoms with Crippen LogP contribution >= 0.6 is 0 Å². The Balaban J connectivity index is 1.27. The first kappa shape index (κ1) is 39.0. The van der Waals surface area contributed by atoms with Crippen LogP contribution in [0.2, 0.25) is 0 Å². The molecular formula is C45H69N2O5+. The van der Waals surface area contributed by atoms with E-state index in [9.17, 15) is 14.4 Å². The zero-order chi connectivity index (χ0) is 38.1. The molecule has 1 amide bonds. The van der Waals surface area contributed by atoms with E-state index in [4.69, 9.17) is 9.47 Å². The molecule has 4 saturated carbocycles. The van der Waals surface area contributed by atoms with E-state index < -0.39 is 11.9 Å². The molecule has 1 aromatic rings. The molecule has 5 aliphatic carbocycles. The normalized spacial score (nSPS) is 36.3. The van der Waals surface area contributed by atoms with Gasteiger partial charge in [0.2, 0.25) is 5.91 Å². The van der Waals surface area contributed by atoms with Gasteiger partial charge in [-0.2, -0.15) is 0 Å². The lowest BCUT2D eigenvalue weighted by molar-refractivity contribution is -0.870. The lowest BCUT2D eigenvalue weighted by atomic mass is 9.34. The monoisotopic (exact) mass is 718 g/mol. The van der Waals surface area contributed by atoms with Crippen LogP contribution in [0.5, 0.6) is 0 Å². The Morgan fingerprint density at radius 3 is 2.10 bits per heavy atom. The van der Waals surface area contributed by atoms with Crippen molar-refractivity contribution in [2.75, 3.05) is 41.3 Å². The molecule has 0 unspecified atom stereocenters. The second-order valence-corrected chi connectivity index (χ2v) is 20.7. The van der Waals surface area contributed by atoms with Crippen molar-refractivity contribution in [3.63, 3.8) is 0 Å². The fourth-order valence-electron chi connectivity index (χ4n) is 12.9. The molecule has 0 saturated heterocycles. The molecule has 1 aromatic carbocycles. The number of nitrogens with one attached hydrogen (secondary N) is 1. The van der Waals surface area contributed by atoms with Gasteiger partial charge >= 0.3 is 11.9 Å². The van der Waals surface area contributed by atoms with Crippen molar-refractivity contribution in [2.45, 2.75) is 132 Å². The number of benzene rings is 1. The summed E-state index contributed by atoms with van der Waals surface area (Å²) in [6.07, 6.45) is 12.2. The average Bonchev–Trinajstić information content (AvgIpc) is 3.07. The van der Waals surface area contributed by atoms with Crippen LogP contribution in [0.1, 0.15) is 146 Å². The third-order valence-electron chi connectivity index (χ3n) is 16.0. The number of hydrogen-bond acceptors (Lipinski definition) is 5. The zero-order valence-corrected chi connectivity index (χ0v) is 34.4. The highest BCUT2D eigenvalue weighted by atomic mass is 16.5. The Morgan fingerprint density at radius 2 is 1.44 bits per heavy atom. The van der Waals surface area contributed by atoms with E-state index >= 15 is 0 Å². The summed E-state index contributed by atoms with van der Waals surface area (Å²) in [5, 5.41) is 3.47. The van der Waals surface area contributed by atoms with Gasteiger partial charge < -0.3 is 19.3 Å². The van der Waals surface area contributed by atoms with Gasteiger partial charge in [-0.25, -0.2) is 9.59 Å². The fourth-order valence-corrected chi connectivity index (χ4v) is 12.9. The predicted octanol–water partition coefficient (Wildman–Crippen LogP) is 9.16. The summed E-state index contributed by atoms with van der Waals surface area (Å²) < 4.78 is 12.2. The van der Waals surface area contributed by atoms with E-state index in [-0.39, 0.29) is 49.7 Å². The van der Waals surface area contributed by atoms with Crippen LogP contribution in [0.25, 0.3) is 0 Å². The molecule has 4 fully saturated rings. The van der Waals surface area contributed by atoms with Gasteiger partial charge in [-0.1, -0.05) is 71.7 Å². The number of hydrogen-bond donors (Lipinski definition) is 1. The predicted molar refractivity (Wildman–Crippen MR) is 207 cm³/mol. The SMILES string of the molecule is COC(=O)c1ccccc1C(=O)O[C@H]1CC[C@]2(C)[C@H]3CCC4=C5CC(C)(C)CC[C@]5(C(=O)NCCC[N+](C)(C)C)CC[C@@]4(C)[C@]3(C)CC[C@H]2C1(C)C.